The predicted octanol–water partition coefficient (Wildman–Crippen LogP) is 5.17. The van der Waals surface area contributed by atoms with E-state index in [0.29, 0.717) is 28.8 Å². The molecule has 12 heteroatoms. The zero-order valence-electron chi connectivity index (χ0n) is 18.6. The second kappa shape index (κ2) is 9.53. The van der Waals surface area contributed by atoms with Gasteiger partial charge in [-0.05, 0) is 79.5 Å². The maximum atomic E-state index is 12.7. The molecule has 0 radical (unpaired) electrons. The number of hydrogen-bond acceptors (Lipinski definition) is 6. The van der Waals surface area contributed by atoms with E-state index in [1.807, 2.05) is 4.57 Å². The normalized spacial score (nSPS) is 13.4. The number of amides is 1. The molecule has 36 heavy (non-hydrogen) atoms. The monoisotopic (exact) mass is 512 g/mol. The highest BCUT2D eigenvalue weighted by Gasteiger charge is 2.30. The van der Waals surface area contributed by atoms with E-state index in [1.54, 1.807) is 30.6 Å². The first-order valence-electron chi connectivity index (χ1n) is 11.0. The van der Waals surface area contributed by atoms with Gasteiger partial charge in [-0.2, -0.15) is 18.2 Å². The first-order chi connectivity index (χ1) is 17.3. The number of aromatic nitrogens is 4. The molecular formula is C24H19F3N6O2S. The molecule has 1 aliphatic rings. The van der Waals surface area contributed by atoms with E-state index in [0.717, 1.165) is 36.5 Å². The molecule has 1 saturated carbocycles. The number of carbonyl (C=O) groups is 1. The van der Waals surface area contributed by atoms with Crippen LogP contribution in [0.2, 0.25) is 0 Å². The van der Waals surface area contributed by atoms with Gasteiger partial charge >= 0.3 is 6.18 Å². The number of benzene rings is 2. The van der Waals surface area contributed by atoms with Crippen molar-refractivity contribution in [1.82, 2.24) is 24.8 Å². The molecule has 0 aliphatic heterocycles. The minimum Gasteiger partial charge on any atom is -0.437 e. The number of anilines is 1. The Kier molecular flexibility index (Phi) is 6.27. The fourth-order valence-corrected chi connectivity index (χ4v) is 3.72. The standard InChI is InChI=1S/C24H19F3N6O2S/c25-24(26,27)16-5-3-15(4-6-16)21(34)32-23(36)31-17-7-9-18(10-8-17)35-22-19-20(28-12-29-22)33(13-30-19)11-14-1-2-14/h3-10,12-14H,1-2,11H2,(H2,31,32,34,36). The van der Waals surface area contributed by atoms with E-state index in [1.165, 1.54) is 19.2 Å². The van der Waals surface area contributed by atoms with Crippen LogP contribution < -0.4 is 15.4 Å². The molecule has 2 aromatic carbocycles. The van der Waals surface area contributed by atoms with Crippen LogP contribution in [0.25, 0.3) is 11.2 Å². The van der Waals surface area contributed by atoms with Crippen molar-refractivity contribution in [3.8, 4) is 11.6 Å². The molecule has 8 nitrogen and oxygen atoms in total. The summed E-state index contributed by atoms with van der Waals surface area (Å²) in [5, 5.41) is 5.28. The molecule has 0 unspecified atom stereocenters. The van der Waals surface area contributed by atoms with Crippen molar-refractivity contribution in [3.05, 3.63) is 72.3 Å². The Morgan fingerprint density at radius 3 is 2.44 bits per heavy atom. The van der Waals surface area contributed by atoms with E-state index in [-0.39, 0.29) is 10.7 Å². The van der Waals surface area contributed by atoms with E-state index in [2.05, 4.69) is 25.6 Å². The molecular weight excluding hydrogens is 493 g/mol. The quantitative estimate of drug-likeness (QED) is 0.344. The molecule has 1 aliphatic carbocycles. The largest absolute Gasteiger partial charge is 0.437 e. The SMILES string of the molecule is O=C(NC(=S)Nc1ccc(Oc2ncnc3c2ncn3CC2CC2)cc1)c1ccc(C(F)(F)F)cc1. The summed E-state index contributed by atoms with van der Waals surface area (Å²) >= 11 is 5.14. The van der Waals surface area contributed by atoms with Gasteiger partial charge < -0.3 is 14.6 Å². The van der Waals surface area contributed by atoms with E-state index >= 15 is 0 Å². The molecule has 2 N–H and O–H groups in total. The molecule has 2 aromatic heterocycles. The lowest BCUT2D eigenvalue weighted by molar-refractivity contribution is -0.137. The van der Waals surface area contributed by atoms with Crippen molar-refractivity contribution >= 4 is 40.1 Å². The van der Waals surface area contributed by atoms with Crippen molar-refractivity contribution < 1.29 is 22.7 Å². The summed E-state index contributed by atoms with van der Waals surface area (Å²) in [6.07, 6.45) is 1.15. The topological polar surface area (TPSA) is 94.0 Å². The Balaban J connectivity index is 1.19. The summed E-state index contributed by atoms with van der Waals surface area (Å²) < 4.78 is 46.0. The lowest BCUT2D eigenvalue weighted by Crippen LogP contribution is -2.34. The van der Waals surface area contributed by atoms with Crippen molar-refractivity contribution in [2.45, 2.75) is 25.6 Å². The van der Waals surface area contributed by atoms with Gasteiger partial charge in [0, 0.05) is 17.8 Å². The third-order valence-electron chi connectivity index (χ3n) is 5.55. The maximum absolute atomic E-state index is 12.7. The highest BCUT2D eigenvalue weighted by molar-refractivity contribution is 7.80. The van der Waals surface area contributed by atoms with Crippen LogP contribution in [0.5, 0.6) is 11.6 Å². The zero-order chi connectivity index (χ0) is 25.3. The van der Waals surface area contributed by atoms with Gasteiger partial charge in [0.1, 0.15) is 12.1 Å². The molecule has 0 bridgehead atoms. The van der Waals surface area contributed by atoms with Gasteiger partial charge in [0.2, 0.25) is 0 Å². The van der Waals surface area contributed by atoms with Crippen molar-refractivity contribution in [1.29, 1.82) is 0 Å². The molecule has 0 spiro atoms. The highest BCUT2D eigenvalue weighted by atomic mass is 32.1. The second-order valence-electron chi connectivity index (χ2n) is 8.30. The number of thiocarbonyl (C=S) groups is 1. The van der Waals surface area contributed by atoms with Crippen molar-refractivity contribution in [2.75, 3.05) is 5.32 Å². The van der Waals surface area contributed by atoms with Crippen LogP contribution in [-0.2, 0) is 12.7 Å². The number of halogens is 3. The Bertz CT molecular complexity index is 1420. The van der Waals surface area contributed by atoms with Gasteiger partial charge in [0.05, 0.1) is 11.9 Å². The van der Waals surface area contributed by atoms with Crippen LogP contribution in [0, 0.1) is 5.92 Å². The third-order valence-corrected chi connectivity index (χ3v) is 5.75. The van der Waals surface area contributed by atoms with Crippen LogP contribution in [0.4, 0.5) is 18.9 Å². The first-order valence-corrected chi connectivity index (χ1v) is 11.4. The van der Waals surface area contributed by atoms with E-state index in [4.69, 9.17) is 17.0 Å². The molecule has 4 aromatic rings. The summed E-state index contributed by atoms with van der Waals surface area (Å²) in [6.45, 7) is 0.878. The number of hydrogen-bond donors (Lipinski definition) is 2. The van der Waals surface area contributed by atoms with Gasteiger partial charge in [-0.25, -0.2) is 9.97 Å². The van der Waals surface area contributed by atoms with Gasteiger partial charge in [-0.15, -0.1) is 0 Å². The van der Waals surface area contributed by atoms with Crippen LogP contribution in [-0.4, -0.2) is 30.5 Å². The molecule has 2 heterocycles. The molecule has 0 saturated heterocycles. The summed E-state index contributed by atoms with van der Waals surface area (Å²) in [4.78, 5) is 25.2. The Labute approximate surface area is 208 Å². The molecule has 184 valence electrons. The van der Waals surface area contributed by atoms with Crippen LogP contribution in [0.15, 0.2) is 61.2 Å². The number of ether oxygens (including phenoxy) is 1. The Morgan fingerprint density at radius 2 is 1.78 bits per heavy atom. The minimum atomic E-state index is -4.47. The molecule has 1 amide bonds. The molecule has 5 rings (SSSR count). The molecule has 1 fully saturated rings. The van der Waals surface area contributed by atoms with Crippen LogP contribution in [0.3, 0.4) is 0 Å². The second-order valence-corrected chi connectivity index (χ2v) is 8.71. The maximum Gasteiger partial charge on any atom is 0.416 e. The predicted molar refractivity (Wildman–Crippen MR) is 130 cm³/mol. The molecule has 0 atom stereocenters. The van der Waals surface area contributed by atoms with Gasteiger partial charge in [0.15, 0.2) is 16.3 Å². The van der Waals surface area contributed by atoms with E-state index < -0.39 is 17.6 Å². The van der Waals surface area contributed by atoms with Crippen LogP contribution >= 0.6 is 12.2 Å². The zero-order valence-corrected chi connectivity index (χ0v) is 19.4. The fraction of sp³-hybridized carbons (Fsp3) is 0.208. The number of carbonyl (C=O) groups excluding carboxylic acids is 1. The smallest absolute Gasteiger partial charge is 0.416 e. The average Bonchev–Trinajstić information content (AvgIpc) is 3.58. The van der Waals surface area contributed by atoms with Gasteiger partial charge in [-0.3, -0.25) is 10.1 Å². The summed E-state index contributed by atoms with van der Waals surface area (Å²) in [7, 11) is 0. The highest BCUT2D eigenvalue weighted by Crippen LogP contribution is 2.33. The van der Waals surface area contributed by atoms with E-state index in [9.17, 15) is 18.0 Å². The number of alkyl halides is 3. The lowest BCUT2D eigenvalue weighted by Gasteiger charge is -2.11. The Hall–Kier alpha value is -4.06. The number of fused-ring (bicyclic) bond motifs is 1. The fourth-order valence-electron chi connectivity index (χ4n) is 3.51. The Morgan fingerprint density at radius 1 is 1.06 bits per heavy atom. The van der Waals surface area contributed by atoms with Crippen LogP contribution in [0.1, 0.15) is 28.8 Å². The number of nitrogens with one attached hydrogen (secondary N) is 2. The summed E-state index contributed by atoms with van der Waals surface area (Å²) in [6, 6.07) is 10.6. The first kappa shape index (κ1) is 23.7. The average molecular weight is 513 g/mol. The van der Waals surface area contributed by atoms with Crippen molar-refractivity contribution in [2.24, 2.45) is 5.92 Å². The third kappa shape index (κ3) is 5.43. The number of nitrogens with zero attached hydrogens (tertiary/aromatic N) is 4. The lowest BCUT2D eigenvalue weighted by atomic mass is 10.1. The van der Waals surface area contributed by atoms with Gasteiger partial charge in [0.25, 0.3) is 11.8 Å². The summed E-state index contributed by atoms with van der Waals surface area (Å²) in [5.74, 6) is 0.897. The summed E-state index contributed by atoms with van der Waals surface area (Å²) in [5.41, 5.74) is 1.08. The minimum absolute atomic E-state index is 0.00715. The van der Waals surface area contributed by atoms with Gasteiger partial charge in [-0.1, -0.05) is 0 Å². The number of imidazole rings is 1. The number of rotatable bonds is 6. The van der Waals surface area contributed by atoms with Crippen molar-refractivity contribution in [3.63, 3.8) is 0 Å².